The van der Waals surface area contributed by atoms with Crippen molar-refractivity contribution in [3.63, 3.8) is 0 Å². The first-order chi connectivity index (χ1) is 32.7. The van der Waals surface area contributed by atoms with E-state index in [9.17, 15) is 0 Å². The third-order valence-electron chi connectivity index (χ3n) is 13.5. The summed E-state index contributed by atoms with van der Waals surface area (Å²) in [5.74, 6) is 0. The van der Waals surface area contributed by atoms with Crippen LogP contribution < -0.4 is 4.90 Å². The van der Waals surface area contributed by atoms with E-state index in [2.05, 4.69) is 278 Å². The molecule has 0 spiro atoms. The van der Waals surface area contributed by atoms with Crippen LogP contribution in [0.3, 0.4) is 0 Å². The van der Waals surface area contributed by atoms with Gasteiger partial charge in [-0.1, -0.05) is 218 Å². The molecule has 0 saturated heterocycles. The summed E-state index contributed by atoms with van der Waals surface area (Å²) in [6.07, 6.45) is 0. The number of nitrogens with zero attached hydrogens (tertiary/aromatic N) is 1. The van der Waals surface area contributed by atoms with E-state index in [4.69, 9.17) is 0 Å². The second kappa shape index (κ2) is 16.6. The molecule has 0 N–H and O–H groups in total. The standard InChI is InChI=1S/C65H45N/c1-5-19-46(20-6-1)53-42-54(47-21-7-2-8-22-47)44-55(43-53)49-37-39-58(40-38-49)66(59-30-17-25-51(45-59)52-36-35-48-23-13-14-24-50(48)41-52)63-34-18-33-62-64(63)60-31-15-16-32-61(60)65(62,56-26-9-3-10-27-56)57-28-11-4-12-29-57/h1-45H. The molecule has 0 atom stereocenters. The van der Waals surface area contributed by atoms with Crippen molar-refractivity contribution in [2.75, 3.05) is 4.90 Å². The van der Waals surface area contributed by atoms with Gasteiger partial charge in [-0.2, -0.15) is 0 Å². The number of fused-ring (bicyclic) bond motifs is 4. The van der Waals surface area contributed by atoms with Gasteiger partial charge in [0.15, 0.2) is 0 Å². The van der Waals surface area contributed by atoms with Gasteiger partial charge in [0.1, 0.15) is 0 Å². The van der Waals surface area contributed by atoms with Crippen molar-refractivity contribution in [1.82, 2.24) is 0 Å². The highest BCUT2D eigenvalue weighted by Gasteiger charge is 2.47. The highest BCUT2D eigenvalue weighted by atomic mass is 15.1. The summed E-state index contributed by atoms with van der Waals surface area (Å²) in [4.78, 5) is 2.48. The maximum absolute atomic E-state index is 2.48. The molecule has 0 saturated carbocycles. The Morgan fingerprint density at radius 1 is 0.258 bits per heavy atom. The van der Waals surface area contributed by atoms with Gasteiger partial charge in [-0.05, 0) is 138 Å². The first-order valence-electron chi connectivity index (χ1n) is 22.8. The zero-order chi connectivity index (χ0) is 43.9. The van der Waals surface area contributed by atoms with Gasteiger partial charge in [-0.25, -0.2) is 0 Å². The van der Waals surface area contributed by atoms with E-state index in [1.165, 1.54) is 83.1 Å². The van der Waals surface area contributed by atoms with Crippen LogP contribution in [0.15, 0.2) is 273 Å². The molecule has 0 radical (unpaired) electrons. The van der Waals surface area contributed by atoms with E-state index in [0.717, 1.165) is 22.6 Å². The Hall–Kier alpha value is -8.52. The van der Waals surface area contributed by atoms with E-state index in [0.29, 0.717) is 0 Å². The summed E-state index contributed by atoms with van der Waals surface area (Å²) in [5, 5.41) is 2.47. The molecule has 0 amide bonds. The predicted molar refractivity (Wildman–Crippen MR) is 278 cm³/mol. The number of hydrogen-bond acceptors (Lipinski definition) is 1. The number of benzene rings is 11. The van der Waals surface area contributed by atoms with Crippen molar-refractivity contribution in [1.29, 1.82) is 0 Å². The highest BCUT2D eigenvalue weighted by molar-refractivity contribution is 5.98. The topological polar surface area (TPSA) is 3.24 Å². The molecule has 310 valence electrons. The SMILES string of the molecule is c1ccc(-c2cc(-c3ccccc3)cc(-c3ccc(N(c4cccc(-c5ccc6ccccc6c5)c4)c4cccc5c4-c4ccccc4C5(c4ccccc4)c4ccccc4)cc3)c2)cc1. The highest BCUT2D eigenvalue weighted by Crippen LogP contribution is 2.59. The van der Waals surface area contributed by atoms with Gasteiger partial charge < -0.3 is 4.90 Å². The van der Waals surface area contributed by atoms with E-state index < -0.39 is 5.41 Å². The van der Waals surface area contributed by atoms with E-state index >= 15 is 0 Å². The van der Waals surface area contributed by atoms with Gasteiger partial charge >= 0.3 is 0 Å². The van der Waals surface area contributed by atoms with E-state index in [-0.39, 0.29) is 0 Å². The summed E-state index contributed by atoms with van der Waals surface area (Å²) in [5.41, 5.74) is 19.8. The fourth-order valence-electron chi connectivity index (χ4n) is 10.5. The molecule has 0 unspecified atom stereocenters. The minimum Gasteiger partial charge on any atom is -0.310 e. The molecular weight excluding hydrogens is 795 g/mol. The molecule has 0 fully saturated rings. The molecular formula is C65H45N. The smallest absolute Gasteiger partial charge is 0.0714 e. The fourth-order valence-corrected chi connectivity index (χ4v) is 10.5. The maximum Gasteiger partial charge on any atom is 0.0714 e. The lowest BCUT2D eigenvalue weighted by Crippen LogP contribution is -2.28. The first kappa shape index (κ1) is 39.1. The lowest BCUT2D eigenvalue weighted by molar-refractivity contribution is 0.768. The molecule has 11 aromatic rings. The summed E-state index contributed by atoms with van der Waals surface area (Å²) in [6.45, 7) is 0. The van der Waals surface area contributed by atoms with Crippen LogP contribution >= 0.6 is 0 Å². The minimum atomic E-state index is -0.521. The zero-order valence-electron chi connectivity index (χ0n) is 36.4. The predicted octanol–water partition coefficient (Wildman–Crippen LogP) is 17.3. The van der Waals surface area contributed by atoms with Crippen molar-refractivity contribution in [2.45, 2.75) is 5.41 Å². The molecule has 11 aromatic carbocycles. The van der Waals surface area contributed by atoms with Crippen molar-refractivity contribution in [3.05, 3.63) is 295 Å². The minimum absolute atomic E-state index is 0.521. The lowest BCUT2D eigenvalue weighted by Gasteiger charge is -2.34. The van der Waals surface area contributed by atoms with Crippen LogP contribution in [-0.4, -0.2) is 0 Å². The fraction of sp³-hybridized carbons (Fsp3) is 0.0154. The Balaban J connectivity index is 1.07. The van der Waals surface area contributed by atoms with Crippen LogP contribution in [0.25, 0.3) is 66.4 Å². The third-order valence-corrected chi connectivity index (χ3v) is 13.5. The normalized spacial score (nSPS) is 12.4. The Bertz CT molecular complexity index is 3410. The average molecular weight is 840 g/mol. The van der Waals surface area contributed by atoms with Gasteiger partial charge in [-0.3, -0.25) is 0 Å². The van der Waals surface area contributed by atoms with Crippen molar-refractivity contribution in [2.24, 2.45) is 0 Å². The van der Waals surface area contributed by atoms with Crippen molar-refractivity contribution >= 4 is 27.8 Å². The Morgan fingerprint density at radius 3 is 1.36 bits per heavy atom. The van der Waals surface area contributed by atoms with Crippen LogP contribution in [-0.2, 0) is 5.41 Å². The summed E-state index contributed by atoms with van der Waals surface area (Å²) < 4.78 is 0. The van der Waals surface area contributed by atoms with Crippen LogP contribution in [0.1, 0.15) is 22.3 Å². The number of rotatable bonds is 9. The van der Waals surface area contributed by atoms with Gasteiger partial charge in [0.05, 0.1) is 11.1 Å². The molecule has 66 heavy (non-hydrogen) atoms. The molecule has 1 aliphatic rings. The van der Waals surface area contributed by atoms with E-state index in [1.54, 1.807) is 0 Å². The second-order valence-electron chi connectivity index (χ2n) is 17.3. The number of hydrogen-bond donors (Lipinski definition) is 0. The molecule has 0 aliphatic heterocycles. The van der Waals surface area contributed by atoms with Crippen LogP contribution in [0.5, 0.6) is 0 Å². The molecule has 0 heterocycles. The molecule has 1 heteroatoms. The number of anilines is 3. The Kier molecular flexibility index (Phi) is 9.81. The maximum atomic E-state index is 2.48. The monoisotopic (exact) mass is 839 g/mol. The summed E-state index contributed by atoms with van der Waals surface area (Å²) >= 11 is 0. The van der Waals surface area contributed by atoms with E-state index in [1.807, 2.05) is 0 Å². The van der Waals surface area contributed by atoms with Crippen LogP contribution in [0.2, 0.25) is 0 Å². The molecule has 0 aromatic heterocycles. The molecule has 1 aliphatic carbocycles. The largest absolute Gasteiger partial charge is 0.310 e. The molecule has 12 rings (SSSR count). The Morgan fingerprint density at radius 2 is 0.727 bits per heavy atom. The zero-order valence-corrected chi connectivity index (χ0v) is 36.4. The van der Waals surface area contributed by atoms with Gasteiger partial charge in [0.2, 0.25) is 0 Å². The molecule has 1 nitrogen and oxygen atoms in total. The van der Waals surface area contributed by atoms with Crippen molar-refractivity contribution in [3.8, 4) is 55.6 Å². The third kappa shape index (κ3) is 6.73. The quantitative estimate of drug-likeness (QED) is 0.140. The Labute approximate surface area is 387 Å². The van der Waals surface area contributed by atoms with Crippen molar-refractivity contribution < 1.29 is 0 Å². The van der Waals surface area contributed by atoms with Gasteiger partial charge in [0.25, 0.3) is 0 Å². The van der Waals surface area contributed by atoms with Crippen LogP contribution in [0.4, 0.5) is 17.1 Å². The van der Waals surface area contributed by atoms with Gasteiger partial charge in [-0.15, -0.1) is 0 Å². The van der Waals surface area contributed by atoms with Gasteiger partial charge in [0, 0.05) is 16.9 Å². The summed E-state index contributed by atoms with van der Waals surface area (Å²) in [7, 11) is 0. The summed E-state index contributed by atoms with van der Waals surface area (Å²) in [6, 6.07) is 100. The average Bonchev–Trinajstić information content (AvgIpc) is 3.71. The second-order valence-corrected chi connectivity index (χ2v) is 17.3. The molecule has 0 bridgehead atoms. The first-order valence-corrected chi connectivity index (χ1v) is 22.8. The lowest BCUT2D eigenvalue weighted by atomic mass is 9.68. The van der Waals surface area contributed by atoms with Crippen LogP contribution in [0, 0.1) is 0 Å².